The maximum Gasteiger partial charge on any atom is 0.306 e. The molecule has 4 aliphatic rings. The first kappa shape index (κ1) is 29.7. The highest BCUT2D eigenvalue weighted by molar-refractivity contribution is 5.69. The lowest BCUT2D eigenvalue weighted by molar-refractivity contribution is -0.151. The predicted octanol–water partition coefficient (Wildman–Crippen LogP) is 10.2. The van der Waals surface area contributed by atoms with E-state index in [-0.39, 0.29) is 17.5 Å². The van der Waals surface area contributed by atoms with E-state index in [0.717, 1.165) is 43.9 Å². The second kappa shape index (κ2) is 12.5. The third kappa shape index (κ3) is 6.05. The molecule has 3 saturated carbocycles. The van der Waals surface area contributed by atoms with Gasteiger partial charge in [0, 0.05) is 12.8 Å². The molecule has 4 rings (SSSR count). The van der Waals surface area contributed by atoms with Crippen molar-refractivity contribution in [1.82, 2.24) is 0 Å². The SMILES string of the molecule is CCCCCCCC(=O)O[C@H]1CC[C@@]2(C)C(=CC=C3[C@@H]4CC[C@H]([C@H](C)C=C[C@H](C)C(C)C)[C@@]4(C)CC[C@@H]32)C1. The number of hydrogen-bond acceptors (Lipinski definition) is 2. The molecule has 0 aliphatic heterocycles. The summed E-state index contributed by atoms with van der Waals surface area (Å²) < 4.78 is 6.00. The lowest BCUT2D eigenvalue weighted by atomic mass is 9.50. The normalized spacial score (nSPS) is 36.2. The van der Waals surface area contributed by atoms with Gasteiger partial charge in [0.2, 0.25) is 0 Å². The van der Waals surface area contributed by atoms with E-state index >= 15 is 0 Å². The number of fused-ring (bicyclic) bond motifs is 5. The lowest BCUT2D eigenvalue weighted by Gasteiger charge is -2.55. The van der Waals surface area contributed by atoms with E-state index in [2.05, 4.69) is 72.8 Å². The van der Waals surface area contributed by atoms with Crippen molar-refractivity contribution < 1.29 is 9.53 Å². The van der Waals surface area contributed by atoms with Crippen LogP contribution in [0.25, 0.3) is 0 Å². The van der Waals surface area contributed by atoms with Gasteiger partial charge in [0.15, 0.2) is 0 Å². The molecule has 0 amide bonds. The van der Waals surface area contributed by atoms with Crippen LogP contribution in [0.3, 0.4) is 0 Å². The molecule has 8 atom stereocenters. The van der Waals surface area contributed by atoms with Gasteiger partial charge in [-0.3, -0.25) is 4.79 Å². The molecule has 38 heavy (non-hydrogen) atoms. The summed E-state index contributed by atoms with van der Waals surface area (Å²) in [4.78, 5) is 12.5. The highest BCUT2D eigenvalue weighted by Gasteiger charge is 2.57. The summed E-state index contributed by atoms with van der Waals surface area (Å²) in [6, 6.07) is 0. The highest BCUT2D eigenvalue weighted by atomic mass is 16.5. The molecule has 0 aromatic carbocycles. The van der Waals surface area contributed by atoms with Crippen molar-refractivity contribution in [1.29, 1.82) is 0 Å². The Balaban J connectivity index is 1.40. The molecular formula is C36H58O2. The Bertz CT molecular complexity index is 908. The zero-order valence-electron chi connectivity index (χ0n) is 25.9. The summed E-state index contributed by atoms with van der Waals surface area (Å²) in [6.45, 7) is 16.9. The van der Waals surface area contributed by atoms with Gasteiger partial charge >= 0.3 is 5.97 Å². The van der Waals surface area contributed by atoms with E-state index in [0.29, 0.717) is 35.5 Å². The number of rotatable bonds is 11. The lowest BCUT2D eigenvalue weighted by Crippen LogP contribution is -2.46. The van der Waals surface area contributed by atoms with Gasteiger partial charge in [-0.2, -0.15) is 0 Å². The van der Waals surface area contributed by atoms with Gasteiger partial charge in [0.05, 0.1) is 0 Å². The van der Waals surface area contributed by atoms with Gasteiger partial charge < -0.3 is 4.74 Å². The second-order valence-electron chi connectivity index (χ2n) is 14.5. The van der Waals surface area contributed by atoms with Crippen LogP contribution < -0.4 is 0 Å². The van der Waals surface area contributed by atoms with Crippen molar-refractivity contribution >= 4 is 5.97 Å². The summed E-state index contributed by atoms with van der Waals surface area (Å²) in [5, 5.41) is 0. The fraction of sp³-hybridized carbons (Fsp3) is 0.806. The van der Waals surface area contributed by atoms with Crippen molar-refractivity contribution in [3.05, 3.63) is 35.5 Å². The van der Waals surface area contributed by atoms with Gasteiger partial charge in [-0.25, -0.2) is 0 Å². The van der Waals surface area contributed by atoms with Crippen LogP contribution in [0.4, 0.5) is 0 Å². The molecule has 0 N–H and O–H groups in total. The first-order chi connectivity index (χ1) is 18.1. The van der Waals surface area contributed by atoms with Gasteiger partial charge in [0.25, 0.3) is 0 Å². The molecule has 0 radical (unpaired) electrons. The first-order valence-corrected chi connectivity index (χ1v) is 16.4. The maximum atomic E-state index is 12.5. The zero-order valence-corrected chi connectivity index (χ0v) is 25.9. The van der Waals surface area contributed by atoms with Crippen LogP contribution in [0.15, 0.2) is 35.5 Å². The van der Waals surface area contributed by atoms with Crippen LogP contribution in [-0.2, 0) is 9.53 Å². The van der Waals surface area contributed by atoms with E-state index in [1.807, 2.05) is 0 Å². The monoisotopic (exact) mass is 522 g/mol. The minimum atomic E-state index is 0.0270. The summed E-state index contributed by atoms with van der Waals surface area (Å²) in [5.41, 5.74) is 4.00. The fourth-order valence-electron chi connectivity index (χ4n) is 8.80. The quantitative estimate of drug-likeness (QED) is 0.153. The van der Waals surface area contributed by atoms with Crippen molar-refractivity contribution in [2.45, 2.75) is 138 Å². The standard InChI is InChI=1S/C36H58O2/c1-8-9-10-11-12-13-34(37)38-29-20-22-35(6)28(24-29)16-17-30-32-19-18-31(36(32,7)23-21-33(30)35)27(5)15-14-26(4)25(2)3/h14-17,25-27,29,31-33H,8-13,18-24H2,1-7H3/t26-,27+,29-,31+,32-,33-,35-,36+/m0/s1. The molecular weight excluding hydrogens is 464 g/mol. The van der Waals surface area contributed by atoms with Gasteiger partial charge in [-0.1, -0.05) is 110 Å². The van der Waals surface area contributed by atoms with E-state index in [4.69, 9.17) is 4.74 Å². The molecule has 0 spiro atoms. The molecule has 0 heterocycles. The van der Waals surface area contributed by atoms with Crippen LogP contribution in [0.1, 0.15) is 132 Å². The molecule has 0 bridgehead atoms. The summed E-state index contributed by atoms with van der Waals surface area (Å²) in [5.74, 6) is 4.26. The van der Waals surface area contributed by atoms with Crippen molar-refractivity contribution in [3.63, 3.8) is 0 Å². The number of carbonyl (C=O) groups excluding carboxylic acids is 1. The number of allylic oxidation sites excluding steroid dienone is 5. The number of carbonyl (C=O) groups is 1. The second-order valence-corrected chi connectivity index (χ2v) is 14.5. The van der Waals surface area contributed by atoms with Gasteiger partial charge in [-0.15, -0.1) is 0 Å². The summed E-state index contributed by atoms with van der Waals surface area (Å²) >= 11 is 0. The first-order valence-electron chi connectivity index (χ1n) is 16.4. The smallest absolute Gasteiger partial charge is 0.306 e. The summed E-state index contributed by atoms with van der Waals surface area (Å²) in [6.07, 6.45) is 25.1. The van der Waals surface area contributed by atoms with Crippen LogP contribution in [0.5, 0.6) is 0 Å². The fourth-order valence-corrected chi connectivity index (χ4v) is 8.80. The highest BCUT2D eigenvalue weighted by Crippen LogP contribution is 2.66. The largest absolute Gasteiger partial charge is 0.462 e. The number of ether oxygens (including phenoxy) is 1. The minimum absolute atomic E-state index is 0.0270. The molecule has 3 fully saturated rings. The zero-order chi connectivity index (χ0) is 27.5. The number of hydrogen-bond donors (Lipinski definition) is 0. The maximum absolute atomic E-state index is 12.5. The Labute approximate surface area is 235 Å². The van der Waals surface area contributed by atoms with Crippen molar-refractivity contribution in [2.75, 3.05) is 0 Å². The molecule has 4 aliphatic carbocycles. The molecule has 2 nitrogen and oxygen atoms in total. The Morgan fingerprint density at radius 1 is 0.947 bits per heavy atom. The third-order valence-electron chi connectivity index (χ3n) is 11.8. The van der Waals surface area contributed by atoms with Crippen molar-refractivity contribution in [2.24, 2.45) is 46.3 Å². The topological polar surface area (TPSA) is 26.3 Å². The Kier molecular flexibility index (Phi) is 9.73. The average Bonchev–Trinajstić information content (AvgIpc) is 3.24. The molecule has 0 saturated heterocycles. The average molecular weight is 523 g/mol. The Morgan fingerprint density at radius 2 is 1.71 bits per heavy atom. The third-order valence-corrected chi connectivity index (χ3v) is 11.8. The molecule has 0 aromatic heterocycles. The number of esters is 1. The predicted molar refractivity (Wildman–Crippen MR) is 161 cm³/mol. The van der Waals surface area contributed by atoms with Crippen molar-refractivity contribution in [3.8, 4) is 0 Å². The summed E-state index contributed by atoms with van der Waals surface area (Å²) in [7, 11) is 0. The molecule has 0 aromatic rings. The van der Waals surface area contributed by atoms with Crippen LogP contribution in [0, 0.1) is 46.3 Å². The molecule has 2 heteroatoms. The van der Waals surface area contributed by atoms with E-state index in [1.165, 1.54) is 44.9 Å². The number of unbranched alkanes of at least 4 members (excludes halogenated alkanes) is 4. The Hall–Kier alpha value is -1.31. The Morgan fingerprint density at radius 3 is 2.45 bits per heavy atom. The van der Waals surface area contributed by atoms with Gasteiger partial charge in [0.1, 0.15) is 6.10 Å². The van der Waals surface area contributed by atoms with Crippen LogP contribution in [-0.4, -0.2) is 12.1 Å². The van der Waals surface area contributed by atoms with E-state index in [1.54, 1.807) is 11.1 Å². The molecule has 0 unspecified atom stereocenters. The van der Waals surface area contributed by atoms with Crippen LogP contribution in [0.2, 0.25) is 0 Å². The van der Waals surface area contributed by atoms with E-state index < -0.39 is 0 Å². The minimum Gasteiger partial charge on any atom is -0.462 e. The van der Waals surface area contributed by atoms with Crippen LogP contribution >= 0.6 is 0 Å². The van der Waals surface area contributed by atoms with Gasteiger partial charge in [-0.05, 0) is 91.3 Å². The van der Waals surface area contributed by atoms with E-state index in [9.17, 15) is 4.79 Å². The molecule has 214 valence electrons.